The van der Waals surface area contributed by atoms with Gasteiger partial charge in [0.15, 0.2) is 24.1 Å². The molecule has 6 atom stereocenters. The van der Waals surface area contributed by atoms with E-state index in [-0.39, 0.29) is 24.8 Å². The largest absolute Gasteiger partial charge is 0.481 e. The average Bonchev–Trinajstić information content (AvgIpc) is 3.37. The van der Waals surface area contributed by atoms with Crippen molar-refractivity contribution >= 4 is 11.9 Å². The molecular formula is C29H37NO9. The quantitative estimate of drug-likeness (QED) is 0.544. The maximum absolute atomic E-state index is 13.6. The number of piperidine rings is 1. The highest BCUT2D eigenvalue weighted by atomic mass is 16.8. The Bertz CT molecular complexity index is 1270. The molecule has 1 aromatic carbocycles. The van der Waals surface area contributed by atoms with E-state index in [0.29, 0.717) is 24.2 Å². The van der Waals surface area contributed by atoms with E-state index in [2.05, 4.69) is 4.90 Å². The second kappa shape index (κ2) is 8.50. The van der Waals surface area contributed by atoms with Crippen LogP contribution in [0.15, 0.2) is 24.0 Å². The first kappa shape index (κ1) is 26.7. The molecule has 6 rings (SSSR count). The molecule has 0 unspecified atom stereocenters. The van der Waals surface area contributed by atoms with Crippen LogP contribution in [0.4, 0.5) is 0 Å². The summed E-state index contributed by atoms with van der Waals surface area (Å²) in [6.45, 7) is 8.94. The number of carbonyl (C=O) groups excluding carboxylic acids is 2. The third-order valence-corrected chi connectivity index (χ3v) is 8.81. The number of benzene rings is 1. The van der Waals surface area contributed by atoms with Crippen molar-refractivity contribution in [2.24, 2.45) is 0 Å². The summed E-state index contributed by atoms with van der Waals surface area (Å²) in [6.07, 6.45) is -0.223. The minimum absolute atomic E-state index is 0.145. The zero-order chi connectivity index (χ0) is 28.1. The maximum atomic E-state index is 13.6. The lowest BCUT2D eigenvalue weighted by atomic mass is 9.50. The summed E-state index contributed by atoms with van der Waals surface area (Å²) >= 11 is 0. The van der Waals surface area contributed by atoms with Gasteiger partial charge in [0.05, 0.1) is 17.6 Å². The van der Waals surface area contributed by atoms with Crippen LogP contribution >= 0.6 is 0 Å². The van der Waals surface area contributed by atoms with Gasteiger partial charge >= 0.3 is 11.9 Å². The highest BCUT2D eigenvalue weighted by Crippen LogP contribution is 2.64. The first-order chi connectivity index (χ1) is 18.2. The van der Waals surface area contributed by atoms with Crippen LogP contribution in [-0.2, 0) is 47.0 Å². The van der Waals surface area contributed by atoms with E-state index in [0.717, 1.165) is 17.7 Å². The lowest BCUT2D eigenvalue weighted by Gasteiger charge is -2.61. The molecule has 2 fully saturated rings. The number of hydrogen-bond donors (Lipinski definition) is 2. The number of ether oxygens (including phenoxy) is 5. The number of nitrogens with zero attached hydrogens (tertiary/aromatic N) is 1. The van der Waals surface area contributed by atoms with Gasteiger partial charge in [0.2, 0.25) is 0 Å². The molecule has 1 spiro atoms. The minimum atomic E-state index is -1.35. The second-order valence-corrected chi connectivity index (χ2v) is 12.8. The molecule has 212 valence electrons. The molecule has 0 aromatic heterocycles. The Morgan fingerprint density at radius 3 is 2.51 bits per heavy atom. The molecule has 0 amide bonds. The Morgan fingerprint density at radius 1 is 1.15 bits per heavy atom. The molecule has 10 nitrogen and oxygen atoms in total. The fourth-order valence-electron chi connectivity index (χ4n) is 7.27. The topological polar surface area (TPSA) is 124 Å². The number of esters is 2. The summed E-state index contributed by atoms with van der Waals surface area (Å²) in [4.78, 5) is 28.7. The standard InChI is InChI=1S/C29H37NO9/c1-26(2,3)39-25(33)22-21(37-27(4,5)38-22)24(32)35-17-9-10-29(34)18-13-15-7-8-16(14-31)20-19(15)28(29,23(17)36-20)11-12-30(18)6/h7-9,18,21-23,31,34H,10-14H2,1-6H3/t18-,21-,22-,23+,28+,29-/m1/s1. The summed E-state index contributed by atoms with van der Waals surface area (Å²) < 4.78 is 29.5. The predicted octanol–water partition coefficient (Wildman–Crippen LogP) is 1.86. The Balaban J connectivity index is 1.36. The van der Waals surface area contributed by atoms with E-state index in [1.54, 1.807) is 40.7 Å². The van der Waals surface area contributed by atoms with Crippen LogP contribution in [0.1, 0.15) is 64.2 Å². The van der Waals surface area contributed by atoms with E-state index in [9.17, 15) is 19.8 Å². The monoisotopic (exact) mass is 543 g/mol. The Morgan fingerprint density at radius 2 is 1.85 bits per heavy atom. The van der Waals surface area contributed by atoms with Gasteiger partial charge in [-0.05, 0) is 72.7 Å². The molecular weight excluding hydrogens is 506 g/mol. The number of aliphatic hydroxyl groups is 2. The van der Waals surface area contributed by atoms with E-state index >= 15 is 0 Å². The van der Waals surface area contributed by atoms with Gasteiger partial charge in [-0.2, -0.15) is 0 Å². The van der Waals surface area contributed by atoms with Gasteiger partial charge in [-0.3, -0.25) is 0 Å². The highest BCUT2D eigenvalue weighted by Gasteiger charge is 2.72. The molecule has 3 aliphatic heterocycles. The zero-order valence-corrected chi connectivity index (χ0v) is 23.3. The molecule has 0 saturated carbocycles. The van der Waals surface area contributed by atoms with Crippen molar-refractivity contribution in [3.8, 4) is 5.75 Å². The van der Waals surface area contributed by atoms with Crippen molar-refractivity contribution in [1.82, 2.24) is 4.90 Å². The first-order valence-electron chi connectivity index (χ1n) is 13.6. The SMILES string of the molecule is CN1CC[C@]23c4c5ccc(CO)c4O[C@H]2C(OC(=O)[C@@H]2OC(C)(C)O[C@H]2C(=O)OC(C)(C)C)=CC[C@@]3(O)[C@H]1C5. The van der Waals surface area contributed by atoms with Crippen molar-refractivity contribution in [2.45, 2.75) is 107 Å². The number of aliphatic hydroxyl groups excluding tert-OH is 1. The zero-order valence-electron chi connectivity index (χ0n) is 23.3. The minimum Gasteiger partial charge on any atom is -0.481 e. The average molecular weight is 544 g/mol. The molecule has 1 aromatic rings. The molecule has 39 heavy (non-hydrogen) atoms. The fraction of sp³-hybridized carbons (Fsp3) is 0.655. The molecule has 5 aliphatic rings. The molecule has 0 radical (unpaired) electrons. The van der Waals surface area contributed by atoms with Crippen LogP contribution in [-0.4, -0.2) is 82.0 Å². The highest BCUT2D eigenvalue weighted by molar-refractivity contribution is 5.87. The van der Waals surface area contributed by atoms with Gasteiger partial charge in [0.25, 0.3) is 0 Å². The van der Waals surface area contributed by atoms with E-state index in [1.165, 1.54) is 0 Å². The molecule has 2 N–H and O–H groups in total. The van der Waals surface area contributed by atoms with E-state index in [1.807, 2.05) is 19.2 Å². The van der Waals surface area contributed by atoms with Gasteiger partial charge in [-0.15, -0.1) is 0 Å². The normalized spacial score (nSPS) is 36.1. The molecule has 2 bridgehead atoms. The summed E-state index contributed by atoms with van der Waals surface area (Å²) in [5, 5.41) is 22.4. The summed E-state index contributed by atoms with van der Waals surface area (Å²) in [5.41, 5.74) is -0.185. The summed E-state index contributed by atoms with van der Waals surface area (Å²) in [5.74, 6) is -1.91. The van der Waals surface area contributed by atoms with Crippen LogP contribution in [0.3, 0.4) is 0 Å². The molecule has 10 heteroatoms. The smallest absolute Gasteiger partial charge is 0.343 e. The first-order valence-corrected chi connectivity index (χ1v) is 13.6. The summed E-state index contributed by atoms with van der Waals surface area (Å²) in [7, 11) is 2.02. The van der Waals surface area contributed by atoms with Gasteiger partial charge in [0.1, 0.15) is 17.1 Å². The van der Waals surface area contributed by atoms with Gasteiger partial charge in [-0.1, -0.05) is 12.1 Å². The number of likely N-dealkylation sites (tertiary alicyclic amines) is 1. The number of carbonyl (C=O) groups is 2. The third kappa shape index (κ3) is 3.79. The van der Waals surface area contributed by atoms with Crippen molar-refractivity contribution in [3.63, 3.8) is 0 Å². The molecule has 3 heterocycles. The lowest BCUT2D eigenvalue weighted by molar-refractivity contribution is -0.180. The van der Waals surface area contributed by atoms with Gasteiger partial charge in [0, 0.05) is 23.6 Å². The maximum Gasteiger partial charge on any atom is 0.343 e. The Labute approximate surface area is 227 Å². The van der Waals surface area contributed by atoms with Gasteiger partial charge < -0.3 is 38.8 Å². The van der Waals surface area contributed by atoms with Crippen molar-refractivity contribution in [2.75, 3.05) is 13.6 Å². The number of likely N-dealkylation sites (N-methyl/N-ethyl adjacent to an activating group) is 1. The number of rotatable bonds is 4. The predicted molar refractivity (Wildman–Crippen MR) is 137 cm³/mol. The van der Waals surface area contributed by atoms with Crippen LogP contribution in [0.5, 0.6) is 5.75 Å². The van der Waals surface area contributed by atoms with Gasteiger partial charge in [-0.25, -0.2) is 9.59 Å². The van der Waals surface area contributed by atoms with Crippen LogP contribution in [0.25, 0.3) is 0 Å². The fourth-order valence-corrected chi connectivity index (χ4v) is 7.27. The molecule has 2 saturated heterocycles. The van der Waals surface area contributed by atoms with Crippen LogP contribution in [0, 0.1) is 0 Å². The van der Waals surface area contributed by atoms with Crippen LogP contribution < -0.4 is 4.74 Å². The number of hydrogen-bond acceptors (Lipinski definition) is 10. The Kier molecular flexibility index (Phi) is 5.82. The van der Waals surface area contributed by atoms with Crippen LogP contribution in [0.2, 0.25) is 0 Å². The van der Waals surface area contributed by atoms with Crippen molar-refractivity contribution < 1.29 is 43.5 Å². The lowest BCUT2D eigenvalue weighted by Crippen LogP contribution is -2.74. The van der Waals surface area contributed by atoms with Crippen molar-refractivity contribution in [3.05, 3.63) is 40.7 Å². The van der Waals surface area contributed by atoms with E-state index in [4.69, 9.17) is 23.7 Å². The molecule has 2 aliphatic carbocycles. The van der Waals surface area contributed by atoms with Crippen molar-refractivity contribution in [1.29, 1.82) is 0 Å². The summed E-state index contributed by atoms with van der Waals surface area (Å²) in [6, 6.07) is 3.72. The van der Waals surface area contributed by atoms with E-state index < -0.39 is 52.7 Å². The third-order valence-electron chi connectivity index (χ3n) is 8.81. The second-order valence-electron chi connectivity index (χ2n) is 12.8. The Hall–Kier alpha value is -2.50.